The number of hydrogen-bond donors (Lipinski definition) is 2. The van der Waals surface area contributed by atoms with Gasteiger partial charge in [0.05, 0.1) is 0 Å². The SMILES string of the molecule is Oc1cc(-c2cccc(Cl)c2)cc2c1OCCN(C1CCNCC1)C2. The Kier molecular flexibility index (Phi) is 4.84. The third kappa shape index (κ3) is 3.61. The first-order valence-electron chi connectivity index (χ1n) is 8.90. The Morgan fingerprint density at radius 2 is 1.96 bits per heavy atom. The lowest BCUT2D eigenvalue weighted by Crippen LogP contribution is -2.43. The second-order valence-corrected chi connectivity index (χ2v) is 7.23. The molecular formula is C20H23ClN2O2. The van der Waals surface area contributed by atoms with Gasteiger partial charge in [-0.3, -0.25) is 4.90 Å². The number of fused-ring (bicyclic) bond motifs is 1. The number of phenolic OH excluding ortho intramolecular Hbond substituents is 1. The molecule has 1 saturated heterocycles. The minimum Gasteiger partial charge on any atom is -0.504 e. The quantitative estimate of drug-likeness (QED) is 0.860. The molecule has 0 atom stereocenters. The zero-order valence-corrected chi connectivity index (χ0v) is 14.9. The fourth-order valence-electron chi connectivity index (χ4n) is 3.84. The van der Waals surface area contributed by atoms with Gasteiger partial charge in [0.1, 0.15) is 6.61 Å². The van der Waals surface area contributed by atoms with Gasteiger partial charge in [0.25, 0.3) is 0 Å². The topological polar surface area (TPSA) is 44.7 Å². The molecule has 0 aromatic heterocycles. The summed E-state index contributed by atoms with van der Waals surface area (Å²) in [5.74, 6) is 0.835. The molecule has 2 aliphatic rings. The molecule has 0 amide bonds. The van der Waals surface area contributed by atoms with Gasteiger partial charge in [0, 0.05) is 29.7 Å². The predicted octanol–water partition coefficient (Wildman–Crippen LogP) is 3.66. The van der Waals surface area contributed by atoms with Crippen LogP contribution in [0.3, 0.4) is 0 Å². The van der Waals surface area contributed by atoms with Crippen molar-refractivity contribution in [3.8, 4) is 22.6 Å². The molecule has 0 spiro atoms. The summed E-state index contributed by atoms with van der Waals surface area (Å²) < 4.78 is 5.88. The fraction of sp³-hybridized carbons (Fsp3) is 0.400. The number of aromatic hydroxyl groups is 1. The normalized spacial score (nSPS) is 19.1. The van der Waals surface area contributed by atoms with Crippen molar-refractivity contribution < 1.29 is 9.84 Å². The van der Waals surface area contributed by atoms with Crippen LogP contribution in [0.4, 0.5) is 0 Å². The third-order valence-corrected chi connectivity index (χ3v) is 5.36. The van der Waals surface area contributed by atoms with E-state index in [2.05, 4.69) is 16.3 Å². The lowest BCUT2D eigenvalue weighted by atomic mass is 10.00. The maximum Gasteiger partial charge on any atom is 0.165 e. The largest absolute Gasteiger partial charge is 0.504 e. The van der Waals surface area contributed by atoms with Gasteiger partial charge in [-0.05, 0) is 61.3 Å². The number of rotatable bonds is 2. The van der Waals surface area contributed by atoms with E-state index in [9.17, 15) is 5.11 Å². The molecule has 5 heteroatoms. The molecule has 0 aliphatic carbocycles. The Labute approximate surface area is 153 Å². The van der Waals surface area contributed by atoms with Crippen molar-refractivity contribution in [2.75, 3.05) is 26.2 Å². The highest BCUT2D eigenvalue weighted by molar-refractivity contribution is 6.30. The summed E-state index contributed by atoms with van der Waals surface area (Å²) in [7, 11) is 0. The Bertz CT molecular complexity index is 759. The summed E-state index contributed by atoms with van der Waals surface area (Å²) in [4.78, 5) is 2.49. The lowest BCUT2D eigenvalue weighted by Gasteiger charge is -2.33. The van der Waals surface area contributed by atoms with Gasteiger partial charge >= 0.3 is 0 Å². The minimum atomic E-state index is 0.208. The molecule has 0 bridgehead atoms. The maximum atomic E-state index is 10.5. The third-order valence-electron chi connectivity index (χ3n) is 5.13. The highest BCUT2D eigenvalue weighted by Crippen LogP contribution is 2.38. The van der Waals surface area contributed by atoms with Crippen molar-refractivity contribution in [1.29, 1.82) is 0 Å². The van der Waals surface area contributed by atoms with E-state index in [1.165, 1.54) is 0 Å². The molecular weight excluding hydrogens is 336 g/mol. The highest BCUT2D eigenvalue weighted by Gasteiger charge is 2.26. The summed E-state index contributed by atoms with van der Waals surface area (Å²) in [5, 5.41) is 14.6. The van der Waals surface area contributed by atoms with Crippen LogP contribution >= 0.6 is 11.6 Å². The highest BCUT2D eigenvalue weighted by atomic mass is 35.5. The zero-order chi connectivity index (χ0) is 17.2. The van der Waals surface area contributed by atoms with Crippen LogP contribution in [0, 0.1) is 0 Å². The average Bonchev–Trinajstić information content (AvgIpc) is 2.85. The van der Waals surface area contributed by atoms with Crippen LogP contribution in [-0.2, 0) is 6.54 Å². The van der Waals surface area contributed by atoms with Crippen LogP contribution in [0.2, 0.25) is 5.02 Å². The fourth-order valence-corrected chi connectivity index (χ4v) is 4.03. The van der Waals surface area contributed by atoms with E-state index in [1.54, 1.807) is 6.07 Å². The molecule has 2 N–H and O–H groups in total. The number of nitrogens with one attached hydrogen (secondary N) is 1. The predicted molar refractivity (Wildman–Crippen MR) is 100 cm³/mol. The number of ether oxygens (including phenoxy) is 1. The van der Waals surface area contributed by atoms with Gasteiger partial charge in [0.15, 0.2) is 11.5 Å². The van der Waals surface area contributed by atoms with Crippen LogP contribution in [0.25, 0.3) is 11.1 Å². The summed E-state index contributed by atoms with van der Waals surface area (Å²) in [6, 6.07) is 12.2. The molecule has 0 saturated carbocycles. The first-order chi connectivity index (χ1) is 12.2. The van der Waals surface area contributed by atoms with Crippen LogP contribution in [0.15, 0.2) is 36.4 Å². The Hall–Kier alpha value is -1.75. The molecule has 4 nitrogen and oxygen atoms in total. The van der Waals surface area contributed by atoms with Gasteiger partial charge in [-0.15, -0.1) is 0 Å². The van der Waals surface area contributed by atoms with Crippen LogP contribution < -0.4 is 10.1 Å². The van der Waals surface area contributed by atoms with Gasteiger partial charge in [-0.2, -0.15) is 0 Å². The van der Waals surface area contributed by atoms with Crippen molar-refractivity contribution in [3.05, 3.63) is 47.0 Å². The number of piperidine rings is 1. The Morgan fingerprint density at radius 1 is 1.12 bits per heavy atom. The van der Waals surface area contributed by atoms with E-state index >= 15 is 0 Å². The van der Waals surface area contributed by atoms with Gasteiger partial charge < -0.3 is 15.2 Å². The first-order valence-corrected chi connectivity index (χ1v) is 9.28. The number of halogens is 1. The molecule has 2 aromatic carbocycles. The van der Waals surface area contributed by atoms with Gasteiger partial charge in [0.2, 0.25) is 0 Å². The second kappa shape index (κ2) is 7.24. The van der Waals surface area contributed by atoms with Crippen molar-refractivity contribution in [2.24, 2.45) is 0 Å². The van der Waals surface area contributed by atoms with Crippen molar-refractivity contribution >= 4 is 11.6 Å². The summed E-state index contributed by atoms with van der Waals surface area (Å²) in [5.41, 5.74) is 3.02. The molecule has 132 valence electrons. The van der Waals surface area contributed by atoms with Gasteiger partial charge in [-0.25, -0.2) is 0 Å². The average molecular weight is 359 g/mol. The number of phenols is 1. The number of benzene rings is 2. The first kappa shape index (κ1) is 16.7. The van der Waals surface area contributed by atoms with E-state index in [-0.39, 0.29) is 5.75 Å². The van der Waals surface area contributed by atoms with Crippen LogP contribution in [0.5, 0.6) is 11.5 Å². The van der Waals surface area contributed by atoms with Crippen LogP contribution in [-0.4, -0.2) is 42.3 Å². The van der Waals surface area contributed by atoms with E-state index in [4.69, 9.17) is 16.3 Å². The second-order valence-electron chi connectivity index (χ2n) is 6.79. The monoisotopic (exact) mass is 358 g/mol. The van der Waals surface area contributed by atoms with E-state index in [0.29, 0.717) is 23.4 Å². The smallest absolute Gasteiger partial charge is 0.165 e. The van der Waals surface area contributed by atoms with Gasteiger partial charge in [-0.1, -0.05) is 23.7 Å². The number of hydrogen-bond acceptors (Lipinski definition) is 4. The summed E-state index contributed by atoms with van der Waals surface area (Å²) in [6.07, 6.45) is 2.32. The molecule has 2 aliphatic heterocycles. The Balaban J connectivity index is 1.67. The standard InChI is InChI=1S/C20H23ClN2O2/c21-17-3-1-2-14(11-17)15-10-16-13-23(18-4-6-22-7-5-18)8-9-25-20(16)19(24)12-15/h1-3,10-12,18,22,24H,4-9,13H2. The minimum absolute atomic E-state index is 0.208. The van der Waals surface area contributed by atoms with E-state index in [0.717, 1.165) is 55.7 Å². The number of nitrogens with zero attached hydrogens (tertiary/aromatic N) is 1. The summed E-state index contributed by atoms with van der Waals surface area (Å²) in [6.45, 7) is 4.46. The Morgan fingerprint density at radius 3 is 2.76 bits per heavy atom. The maximum absolute atomic E-state index is 10.5. The van der Waals surface area contributed by atoms with Crippen molar-refractivity contribution in [3.63, 3.8) is 0 Å². The van der Waals surface area contributed by atoms with Crippen molar-refractivity contribution in [2.45, 2.75) is 25.4 Å². The van der Waals surface area contributed by atoms with E-state index < -0.39 is 0 Å². The van der Waals surface area contributed by atoms with Crippen molar-refractivity contribution in [1.82, 2.24) is 10.2 Å². The van der Waals surface area contributed by atoms with Crippen LogP contribution in [0.1, 0.15) is 18.4 Å². The lowest BCUT2D eigenvalue weighted by molar-refractivity contribution is 0.141. The summed E-state index contributed by atoms with van der Waals surface area (Å²) >= 11 is 6.13. The van der Waals surface area contributed by atoms with E-state index in [1.807, 2.05) is 24.3 Å². The molecule has 2 aromatic rings. The molecule has 4 rings (SSSR count). The zero-order valence-electron chi connectivity index (χ0n) is 14.2. The molecule has 0 radical (unpaired) electrons. The molecule has 0 unspecified atom stereocenters. The molecule has 2 heterocycles. The molecule has 1 fully saturated rings. The molecule has 25 heavy (non-hydrogen) atoms.